The van der Waals surface area contributed by atoms with Gasteiger partial charge in [0.1, 0.15) is 5.82 Å². The smallest absolute Gasteiger partial charge is 0.311 e. The van der Waals surface area contributed by atoms with Crippen molar-refractivity contribution in [3.8, 4) is 17.0 Å². The summed E-state index contributed by atoms with van der Waals surface area (Å²) >= 11 is 0. The van der Waals surface area contributed by atoms with Crippen molar-refractivity contribution in [2.24, 2.45) is 5.11 Å². The molecule has 0 spiro atoms. The number of rotatable bonds is 5. The molecule has 1 N–H and O–H groups in total. The van der Waals surface area contributed by atoms with E-state index >= 15 is 0 Å². The monoisotopic (exact) mass is 274 g/mol. The van der Waals surface area contributed by atoms with E-state index in [1.54, 1.807) is 13.0 Å². The molecule has 0 saturated carbocycles. The van der Waals surface area contributed by atoms with Crippen LogP contribution in [0.1, 0.15) is 6.92 Å². The fourth-order valence-electron chi connectivity index (χ4n) is 1.66. The maximum absolute atomic E-state index is 11.0. The minimum absolute atomic E-state index is 0.141. The van der Waals surface area contributed by atoms with Crippen LogP contribution in [-0.4, -0.2) is 21.7 Å². The molecule has 1 aromatic heterocycles. The number of aromatic amines is 1. The highest BCUT2D eigenvalue weighted by atomic mass is 16.6. The molecule has 1 aromatic carbocycles. The molecule has 1 heterocycles. The second kappa shape index (κ2) is 5.72. The summed E-state index contributed by atoms with van der Waals surface area (Å²) < 4.78 is 5.20. The lowest BCUT2D eigenvalue weighted by molar-refractivity contribution is -0.385. The van der Waals surface area contributed by atoms with Gasteiger partial charge in [-0.3, -0.25) is 15.2 Å². The highest BCUT2D eigenvalue weighted by Gasteiger charge is 2.17. The quantitative estimate of drug-likeness (QED) is 0.294. The van der Waals surface area contributed by atoms with Crippen LogP contribution < -0.4 is 4.74 Å². The molecule has 0 atom stereocenters. The highest BCUT2D eigenvalue weighted by molar-refractivity contribution is 5.67. The van der Waals surface area contributed by atoms with Gasteiger partial charge in [0.25, 0.3) is 0 Å². The Morgan fingerprint density at radius 1 is 1.55 bits per heavy atom. The summed E-state index contributed by atoms with van der Waals surface area (Å²) in [5.41, 5.74) is 9.14. The van der Waals surface area contributed by atoms with Gasteiger partial charge >= 0.3 is 5.69 Å². The van der Waals surface area contributed by atoms with Crippen molar-refractivity contribution in [2.45, 2.75) is 6.92 Å². The molecule has 9 nitrogen and oxygen atoms in total. The molecule has 2 rings (SSSR count). The number of azide groups is 1. The summed E-state index contributed by atoms with van der Waals surface area (Å²) in [4.78, 5) is 13.1. The van der Waals surface area contributed by atoms with Crippen LogP contribution in [0.2, 0.25) is 0 Å². The lowest BCUT2D eigenvalue weighted by atomic mass is 10.1. The van der Waals surface area contributed by atoms with Gasteiger partial charge in [-0.25, -0.2) is 0 Å². The minimum Gasteiger partial charge on any atom is -0.487 e. The van der Waals surface area contributed by atoms with Crippen molar-refractivity contribution in [2.75, 3.05) is 6.61 Å². The zero-order chi connectivity index (χ0) is 14.5. The Labute approximate surface area is 113 Å². The number of hydrogen-bond donors (Lipinski definition) is 1. The number of H-pyrrole nitrogens is 1. The van der Waals surface area contributed by atoms with Crippen LogP contribution in [0.3, 0.4) is 0 Å². The van der Waals surface area contributed by atoms with Crippen molar-refractivity contribution >= 4 is 11.5 Å². The third-order valence-corrected chi connectivity index (χ3v) is 2.47. The van der Waals surface area contributed by atoms with E-state index in [1.165, 1.54) is 18.2 Å². The minimum atomic E-state index is -0.518. The zero-order valence-electron chi connectivity index (χ0n) is 10.5. The molecule has 0 amide bonds. The normalized spacial score (nSPS) is 9.85. The van der Waals surface area contributed by atoms with Gasteiger partial charge in [0, 0.05) is 16.5 Å². The predicted molar refractivity (Wildman–Crippen MR) is 70.7 cm³/mol. The molecule has 0 radical (unpaired) electrons. The molecule has 9 heteroatoms. The van der Waals surface area contributed by atoms with Crippen LogP contribution in [0.25, 0.3) is 21.7 Å². The fraction of sp³-hybridized carbons (Fsp3) is 0.182. The van der Waals surface area contributed by atoms with Crippen LogP contribution in [0.4, 0.5) is 11.5 Å². The summed E-state index contributed by atoms with van der Waals surface area (Å²) in [5, 5.41) is 20.8. The number of ether oxygens (including phenoxy) is 1. The van der Waals surface area contributed by atoms with Crippen LogP contribution in [0.5, 0.6) is 5.75 Å². The van der Waals surface area contributed by atoms with Crippen molar-refractivity contribution < 1.29 is 9.66 Å². The van der Waals surface area contributed by atoms with Gasteiger partial charge in [0.15, 0.2) is 5.75 Å². The van der Waals surface area contributed by atoms with Gasteiger partial charge in [-0.2, -0.15) is 5.10 Å². The number of nitrogens with one attached hydrogen (secondary N) is 1. The summed E-state index contributed by atoms with van der Waals surface area (Å²) in [6.45, 7) is 2.08. The predicted octanol–water partition coefficient (Wildman–Crippen LogP) is 3.33. The second-order valence-corrected chi connectivity index (χ2v) is 3.70. The van der Waals surface area contributed by atoms with Crippen LogP contribution in [0.15, 0.2) is 29.4 Å². The summed E-state index contributed by atoms with van der Waals surface area (Å²) in [6.07, 6.45) is 0. The first-order valence-electron chi connectivity index (χ1n) is 5.67. The van der Waals surface area contributed by atoms with Crippen molar-refractivity contribution in [1.29, 1.82) is 0 Å². The first-order valence-corrected chi connectivity index (χ1v) is 5.67. The lowest BCUT2D eigenvalue weighted by Gasteiger charge is -2.05. The van der Waals surface area contributed by atoms with Crippen molar-refractivity contribution in [1.82, 2.24) is 10.2 Å². The number of hydrogen-bond acceptors (Lipinski definition) is 5. The largest absolute Gasteiger partial charge is 0.487 e. The Bertz CT molecular complexity index is 689. The SMILES string of the molecule is CCOc1ccc(-c2cc(N=[N+]=[N-])[nH]n2)cc1[N+](=O)[O-]. The van der Waals surface area contributed by atoms with E-state index in [0.29, 0.717) is 17.9 Å². The lowest BCUT2D eigenvalue weighted by Crippen LogP contribution is -1.97. The van der Waals surface area contributed by atoms with Crippen LogP contribution in [-0.2, 0) is 0 Å². The molecule has 0 aliphatic heterocycles. The third kappa shape index (κ3) is 2.68. The molecule has 0 aliphatic rings. The fourth-order valence-corrected chi connectivity index (χ4v) is 1.66. The van der Waals surface area contributed by atoms with Crippen LogP contribution >= 0.6 is 0 Å². The van der Waals surface area contributed by atoms with E-state index in [4.69, 9.17) is 10.3 Å². The van der Waals surface area contributed by atoms with Crippen molar-refractivity contribution in [3.05, 3.63) is 44.8 Å². The van der Waals surface area contributed by atoms with E-state index in [0.717, 1.165) is 0 Å². The number of nitro groups is 1. The van der Waals surface area contributed by atoms with Gasteiger partial charge in [-0.15, -0.1) is 0 Å². The Hall–Kier alpha value is -3.06. The van der Waals surface area contributed by atoms with Gasteiger partial charge in [0.2, 0.25) is 0 Å². The Morgan fingerprint density at radius 3 is 3.00 bits per heavy atom. The van der Waals surface area contributed by atoms with Gasteiger partial charge in [-0.1, -0.05) is 0 Å². The summed E-state index contributed by atoms with van der Waals surface area (Å²) in [6, 6.07) is 6.02. The number of aromatic nitrogens is 2. The zero-order valence-corrected chi connectivity index (χ0v) is 10.5. The first-order chi connectivity index (χ1) is 9.65. The molecule has 0 fully saturated rings. The third-order valence-electron chi connectivity index (χ3n) is 2.47. The van der Waals surface area contributed by atoms with E-state index < -0.39 is 4.92 Å². The molecular formula is C11H10N6O3. The first kappa shape index (κ1) is 13.4. The standard InChI is InChI=1S/C11H10N6O3/c1-2-20-10-4-3-7(5-9(10)17(18)19)8-6-11(14-13-8)15-16-12/h3-6H,2H2,1H3,(H,13,14). The number of nitro benzene ring substituents is 1. The molecule has 20 heavy (non-hydrogen) atoms. The van der Waals surface area contributed by atoms with E-state index in [9.17, 15) is 10.1 Å². The Kier molecular flexibility index (Phi) is 3.82. The van der Waals surface area contributed by atoms with Gasteiger partial charge < -0.3 is 4.74 Å². The molecule has 0 bridgehead atoms. The van der Waals surface area contributed by atoms with Crippen molar-refractivity contribution in [3.63, 3.8) is 0 Å². The molecule has 102 valence electrons. The number of nitrogens with zero attached hydrogens (tertiary/aromatic N) is 5. The van der Waals surface area contributed by atoms with Gasteiger partial charge in [-0.05, 0) is 35.8 Å². The Morgan fingerprint density at radius 2 is 2.35 bits per heavy atom. The second-order valence-electron chi connectivity index (χ2n) is 3.70. The average molecular weight is 274 g/mol. The topological polar surface area (TPSA) is 130 Å². The molecule has 2 aromatic rings. The van der Waals surface area contributed by atoms with E-state index in [1.807, 2.05) is 0 Å². The molecule has 0 unspecified atom stereocenters. The number of benzene rings is 1. The molecule has 0 saturated heterocycles. The Balaban J connectivity index is 2.44. The molecular weight excluding hydrogens is 264 g/mol. The van der Waals surface area contributed by atoms with E-state index in [-0.39, 0.29) is 17.3 Å². The summed E-state index contributed by atoms with van der Waals surface area (Å²) in [7, 11) is 0. The maximum atomic E-state index is 11.0. The van der Waals surface area contributed by atoms with Crippen LogP contribution in [0, 0.1) is 10.1 Å². The summed E-state index contributed by atoms with van der Waals surface area (Å²) in [5.74, 6) is 0.436. The maximum Gasteiger partial charge on any atom is 0.311 e. The van der Waals surface area contributed by atoms with E-state index in [2.05, 4.69) is 20.2 Å². The average Bonchev–Trinajstić information content (AvgIpc) is 2.88. The van der Waals surface area contributed by atoms with Gasteiger partial charge in [0.05, 0.1) is 17.2 Å². The molecule has 0 aliphatic carbocycles. The highest BCUT2D eigenvalue weighted by Crippen LogP contribution is 2.32.